The van der Waals surface area contributed by atoms with E-state index in [-0.39, 0.29) is 17.4 Å². The standard InChI is InChI=1S/C20H34N4O2/c25-18(17-7-3-9-22-17)23-11-15-5-4-10-24(13-15)19(26)20-8-2-1-6-16(20)12-21-14-20/h15-17,21-22H,1-14H2,(H,23,25)/t15?,16-,17?,20+/m0/s1. The van der Waals surface area contributed by atoms with E-state index in [2.05, 4.69) is 20.9 Å². The van der Waals surface area contributed by atoms with Crippen molar-refractivity contribution in [3.63, 3.8) is 0 Å². The summed E-state index contributed by atoms with van der Waals surface area (Å²) in [6, 6.07) is -0.0113. The predicted octanol–water partition coefficient (Wildman–Crippen LogP) is 0.873. The second-order valence-electron chi connectivity index (χ2n) is 8.88. The molecule has 0 aromatic heterocycles. The molecular weight excluding hydrogens is 328 g/mol. The summed E-state index contributed by atoms with van der Waals surface area (Å²) in [6.07, 6.45) is 8.89. The van der Waals surface area contributed by atoms with Crippen LogP contribution in [-0.4, -0.2) is 62.0 Å². The fourth-order valence-electron chi connectivity index (χ4n) is 5.68. The minimum atomic E-state index is -0.142. The van der Waals surface area contributed by atoms with Crippen LogP contribution in [0.5, 0.6) is 0 Å². The van der Waals surface area contributed by atoms with Crippen molar-refractivity contribution in [2.24, 2.45) is 17.3 Å². The molecule has 4 fully saturated rings. The molecule has 146 valence electrons. The van der Waals surface area contributed by atoms with Crippen LogP contribution in [0, 0.1) is 17.3 Å². The summed E-state index contributed by atoms with van der Waals surface area (Å²) in [5, 5.41) is 9.88. The molecule has 0 spiro atoms. The number of carbonyl (C=O) groups is 2. The summed E-state index contributed by atoms with van der Waals surface area (Å²) < 4.78 is 0. The Labute approximate surface area is 156 Å². The number of piperidine rings is 1. The number of likely N-dealkylation sites (tertiary alicyclic amines) is 1. The van der Waals surface area contributed by atoms with E-state index in [0.717, 1.165) is 64.8 Å². The molecule has 3 saturated heterocycles. The molecule has 0 aromatic carbocycles. The van der Waals surface area contributed by atoms with Crippen LogP contribution in [-0.2, 0) is 9.59 Å². The lowest BCUT2D eigenvalue weighted by Crippen LogP contribution is -2.53. The third-order valence-corrected chi connectivity index (χ3v) is 7.21. The highest BCUT2D eigenvalue weighted by Crippen LogP contribution is 2.45. The van der Waals surface area contributed by atoms with Crippen LogP contribution in [0.15, 0.2) is 0 Å². The van der Waals surface area contributed by atoms with Gasteiger partial charge in [-0.1, -0.05) is 12.8 Å². The normalized spacial score (nSPS) is 37.4. The van der Waals surface area contributed by atoms with Gasteiger partial charge in [0, 0.05) is 26.2 Å². The molecule has 6 nitrogen and oxygen atoms in total. The van der Waals surface area contributed by atoms with E-state index in [9.17, 15) is 9.59 Å². The number of hydrogen-bond acceptors (Lipinski definition) is 4. The quantitative estimate of drug-likeness (QED) is 0.694. The van der Waals surface area contributed by atoms with Gasteiger partial charge in [0.05, 0.1) is 11.5 Å². The molecule has 1 saturated carbocycles. The second-order valence-corrected chi connectivity index (χ2v) is 8.88. The first-order valence-electron chi connectivity index (χ1n) is 10.7. The van der Waals surface area contributed by atoms with E-state index in [4.69, 9.17) is 0 Å². The van der Waals surface area contributed by atoms with Gasteiger partial charge in [-0.15, -0.1) is 0 Å². The second kappa shape index (κ2) is 7.85. The molecule has 2 amide bonds. The lowest BCUT2D eigenvalue weighted by molar-refractivity contribution is -0.147. The van der Waals surface area contributed by atoms with Gasteiger partial charge in [-0.3, -0.25) is 9.59 Å². The molecule has 4 aliphatic rings. The molecule has 0 radical (unpaired) electrons. The van der Waals surface area contributed by atoms with Gasteiger partial charge in [-0.2, -0.15) is 0 Å². The van der Waals surface area contributed by atoms with Crippen molar-refractivity contribution in [1.82, 2.24) is 20.9 Å². The van der Waals surface area contributed by atoms with Gasteiger partial charge in [-0.25, -0.2) is 0 Å². The highest BCUT2D eigenvalue weighted by molar-refractivity contribution is 5.84. The Morgan fingerprint density at radius 1 is 1.12 bits per heavy atom. The van der Waals surface area contributed by atoms with Gasteiger partial charge in [0.25, 0.3) is 0 Å². The molecule has 4 rings (SSSR count). The van der Waals surface area contributed by atoms with Gasteiger partial charge in [-0.05, 0) is 63.5 Å². The summed E-state index contributed by atoms with van der Waals surface area (Å²) in [4.78, 5) is 27.8. The molecule has 0 bridgehead atoms. The van der Waals surface area contributed by atoms with Crippen molar-refractivity contribution in [1.29, 1.82) is 0 Å². The predicted molar refractivity (Wildman–Crippen MR) is 101 cm³/mol. The van der Waals surface area contributed by atoms with Crippen molar-refractivity contribution in [2.75, 3.05) is 39.3 Å². The highest BCUT2D eigenvalue weighted by Gasteiger charge is 2.51. The molecule has 6 heteroatoms. The Kier molecular flexibility index (Phi) is 5.50. The van der Waals surface area contributed by atoms with E-state index < -0.39 is 0 Å². The first-order chi connectivity index (χ1) is 12.7. The number of nitrogens with zero attached hydrogens (tertiary/aromatic N) is 1. The number of rotatable bonds is 4. The Morgan fingerprint density at radius 3 is 2.88 bits per heavy atom. The molecule has 26 heavy (non-hydrogen) atoms. The van der Waals surface area contributed by atoms with Gasteiger partial charge >= 0.3 is 0 Å². The molecule has 2 unspecified atom stereocenters. The van der Waals surface area contributed by atoms with Crippen LogP contribution in [0.2, 0.25) is 0 Å². The number of fused-ring (bicyclic) bond motifs is 1. The van der Waals surface area contributed by atoms with Crippen LogP contribution in [0.25, 0.3) is 0 Å². The molecule has 3 heterocycles. The van der Waals surface area contributed by atoms with E-state index in [1.165, 1.54) is 19.3 Å². The minimum Gasteiger partial charge on any atom is -0.354 e. The third-order valence-electron chi connectivity index (χ3n) is 7.21. The fourth-order valence-corrected chi connectivity index (χ4v) is 5.68. The van der Waals surface area contributed by atoms with Gasteiger partial charge in [0.1, 0.15) is 0 Å². The molecular formula is C20H34N4O2. The van der Waals surface area contributed by atoms with Crippen LogP contribution in [0.4, 0.5) is 0 Å². The topological polar surface area (TPSA) is 73.5 Å². The largest absolute Gasteiger partial charge is 0.354 e. The average Bonchev–Trinajstić information content (AvgIpc) is 3.36. The van der Waals surface area contributed by atoms with E-state index in [1.54, 1.807) is 0 Å². The number of nitrogens with one attached hydrogen (secondary N) is 3. The molecule has 3 N–H and O–H groups in total. The Bertz CT molecular complexity index is 534. The molecule has 0 aromatic rings. The van der Waals surface area contributed by atoms with E-state index >= 15 is 0 Å². The fraction of sp³-hybridized carbons (Fsp3) is 0.900. The van der Waals surface area contributed by atoms with Crippen LogP contribution in [0.3, 0.4) is 0 Å². The van der Waals surface area contributed by atoms with Crippen molar-refractivity contribution < 1.29 is 9.59 Å². The Morgan fingerprint density at radius 2 is 2.04 bits per heavy atom. The van der Waals surface area contributed by atoms with E-state index in [1.807, 2.05) is 0 Å². The van der Waals surface area contributed by atoms with Crippen LogP contribution in [0.1, 0.15) is 51.4 Å². The third kappa shape index (κ3) is 3.50. The lowest BCUT2D eigenvalue weighted by Gasteiger charge is -2.43. The van der Waals surface area contributed by atoms with Gasteiger partial charge < -0.3 is 20.9 Å². The summed E-state index contributed by atoms with van der Waals surface area (Å²) in [6.45, 7) is 5.22. The Balaban J connectivity index is 1.33. The lowest BCUT2D eigenvalue weighted by atomic mass is 9.67. The van der Waals surface area contributed by atoms with Gasteiger partial charge in [0.2, 0.25) is 11.8 Å². The molecule has 4 atom stereocenters. The zero-order valence-corrected chi connectivity index (χ0v) is 15.9. The van der Waals surface area contributed by atoms with Gasteiger partial charge in [0.15, 0.2) is 0 Å². The zero-order chi connectivity index (χ0) is 18.0. The summed E-state index contributed by atoms with van der Waals surface area (Å²) in [5.41, 5.74) is -0.142. The number of carbonyl (C=O) groups excluding carboxylic acids is 2. The van der Waals surface area contributed by atoms with Crippen LogP contribution < -0.4 is 16.0 Å². The van der Waals surface area contributed by atoms with Crippen molar-refractivity contribution in [3.8, 4) is 0 Å². The SMILES string of the molecule is O=C(NCC1CCCN(C(=O)[C@@]23CCCC[C@H]2CNC3)C1)C1CCCN1. The summed E-state index contributed by atoms with van der Waals surface area (Å²) in [7, 11) is 0. The number of amides is 2. The maximum atomic E-state index is 13.4. The van der Waals surface area contributed by atoms with E-state index in [0.29, 0.717) is 24.3 Å². The van der Waals surface area contributed by atoms with Crippen molar-refractivity contribution in [2.45, 2.75) is 57.4 Å². The monoisotopic (exact) mass is 362 g/mol. The maximum absolute atomic E-state index is 13.4. The Hall–Kier alpha value is -1.14. The minimum absolute atomic E-state index is 0.0113. The summed E-state index contributed by atoms with van der Waals surface area (Å²) >= 11 is 0. The molecule has 1 aliphatic carbocycles. The maximum Gasteiger partial charge on any atom is 0.237 e. The van der Waals surface area contributed by atoms with Crippen molar-refractivity contribution >= 4 is 11.8 Å². The smallest absolute Gasteiger partial charge is 0.237 e. The first kappa shape index (κ1) is 18.2. The first-order valence-corrected chi connectivity index (χ1v) is 10.7. The zero-order valence-electron chi connectivity index (χ0n) is 15.9. The van der Waals surface area contributed by atoms with Crippen molar-refractivity contribution in [3.05, 3.63) is 0 Å². The highest BCUT2D eigenvalue weighted by atomic mass is 16.2. The van der Waals surface area contributed by atoms with Crippen LogP contribution >= 0.6 is 0 Å². The summed E-state index contributed by atoms with van der Waals surface area (Å²) in [5.74, 6) is 1.45. The molecule has 3 aliphatic heterocycles. The average molecular weight is 363 g/mol. The number of hydrogen-bond donors (Lipinski definition) is 3.